The molecule has 6 heteroatoms. The molecule has 0 spiro atoms. The molecule has 1 aromatic heterocycles. The average molecular weight is 219 g/mol. The van der Waals surface area contributed by atoms with Crippen molar-refractivity contribution in [3.05, 3.63) is 15.0 Å². The molecule has 0 aliphatic rings. The molecule has 0 radical (unpaired) electrons. The van der Waals surface area contributed by atoms with Crippen molar-refractivity contribution in [3.63, 3.8) is 0 Å². The molecule has 0 saturated heterocycles. The zero-order chi connectivity index (χ0) is 8.43. The molecule has 5 nitrogen and oxygen atoms in total. The monoisotopic (exact) mass is 218 g/mol. The lowest BCUT2D eigenvalue weighted by atomic mass is 10.5. The third-order valence-corrected chi connectivity index (χ3v) is 1.94. The standard InChI is InChI=1S/C5H7BrN4O/c1-8-4-2(6)3(7)9-5(11)10-4/h1H3,(H4,7,8,9,10,11). The van der Waals surface area contributed by atoms with Crippen LogP contribution in [-0.2, 0) is 0 Å². The summed E-state index contributed by atoms with van der Waals surface area (Å²) in [7, 11) is 1.66. The molecule has 0 amide bonds. The molecule has 1 heterocycles. The summed E-state index contributed by atoms with van der Waals surface area (Å²) in [6.45, 7) is 0. The molecule has 1 aromatic rings. The van der Waals surface area contributed by atoms with Gasteiger partial charge in [-0.25, -0.2) is 4.79 Å². The molecule has 0 aliphatic carbocycles. The Balaban J connectivity index is 3.36. The quantitative estimate of drug-likeness (QED) is 0.627. The van der Waals surface area contributed by atoms with E-state index in [9.17, 15) is 4.79 Å². The Hall–Kier alpha value is -1.04. The molecule has 1 rings (SSSR count). The number of rotatable bonds is 1. The van der Waals surface area contributed by atoms with Gasteiger partial charge in [-0.1, -0.05) is 0 Å². The summed E-state index contributed by atoms with van der Waals surface area (Å²) in [5, 5.41) is 2.72. The molecule has 0 fully saturated rings. The van der Waals surface area contributed by atoms with Crippen LogP contribution in [0.4, 0.5) is 11.6 Å². The Labute approximate surface area is 71.2 Å². The third-order valence-electron chi connectivity index (χ3n) is 1.14. The zero-order valence-corrected chi connectivity index (χ0v) is 7.40. The molecule has 11 heavy (non-hydrogen) atoms. The number of hydrogen-bond donors (Lipinski definition) is 3. The summed E-state index contributed by atoms with van der Waals surface area (Å²) in [5.74, 6) is 0.709. The van der Waals surface area contributed by atoms with Crippen LogP contribution in [0.2, 0.25) is 0 Å². The average Bonchev–Trinajstić information content (AvgIpc) is 1.96. The largest absolute Gasteiger partial charge is 0.384 e. The van der Waals surface area contributed by atoms with Gasteiger partial charge in [-0.2, -0.15) is 4.98 Å². The first kappa shape index (κ1) is 8.06. The number of nitrogens with one attached hydrogen (secondary N) is 2. The van der Waals surface area contributed by atoms with Crippen molar-refractivity contribution in [2.45, 2.75) is 0 Å². The second kappa shape index (κ2) is 2.91. The highest BCUT2D eigenvalue weighted by atomic mass is 79.9. The van der Waals surface area contributed by atoms with E-state index in [2.05, 4.69) is 31.2 Å². The Morgan fingerprint density at radius 3 is 2.91 bits per heavy atom. The molecule has 0 aromatic carbocycles. The van der Waals surface area contributed by atoms with Crippen molar-refractivity contribution >= 4 is 27.6 Å². The Morgan fingerprint density at radius 2 is 2.36 bits per heavy atom. The van der Waals surface area contributed by atoms with Gasteiger partial charge in [0.25, 0.3) is 0 Å². The molecule has 60 valence electrons. The van der Waals surface area contributed by atoms with E-state index >= 15 is 0 Å². The highest BCUT2D eigenvalue weighted by molar-refractivity contribution is 9.10. The lowest BCUT2D eigenvalue weighted by molar-refractivity contribution is 1.07. The lowest BCUT2D eigenvalue weighted by Crippen LogP contribution is -2.15. The van der Waals surface area contributed by atoms with E-state index in [1.807, 2.05) is 0 Å². The minimum atomic E-state index is -0.463. The van der Waals surface area contributed by atoms with E-state index in [-0.39, 0.29) is 5.82 Å². The van der Waals surface area contributed by atoms with Crippen LogP contribution in [0.25, 0.3) is 0 Å². The predicted molar refractivity (Wildman–Crippen MR) is 46.5 cm³/mol. The molecule has 0 bridgehead atoms. The Kier molecular flexibility index (Phi) is 2.13. The number of nitrogens with two attached hydrogens (primary N) is 1. The maximum absolute atomic E-state index is 10.7. The summed E-state index contributed by atoms with van der Waals surface area (Å²) in [4.78, 5) is 16.7. The Bertz CT molecular complexity index is 321. The SMILES string of the molecule is CNc1nc(=O)[nH]c(N)c1Br. The van der Waals surface area contributed by atoms with Crippen LogP contribution >= 0.6 is 15.9 Å². The van der Waals surface area contributed by atoms with Crippen LogP contribution in [0.3, 0.4) is 0 Å². The molecule has 0 atom stereocenters. The number of nitrogens with zero attached hydrogens (tertiary/aromatic N) is 1. The van der Waals surface area contributed by atoms with Crippen molar-refractivity contribution in [1.82, 2.24) is 9.97 Å². The van der Waals surface area contributed by atoms with Gasteiger partial charge >= 0.3 is 5.69 Å². The smallest absolute Gasteiger partial charge is 0.348 e. The van der Waals surface area contributed by atoms with Gasteiger partial charge in [-0.05, 0) is 15.9 Å². The number of anilines is 2. The summed E-state index contributed by atoms with van der Waals surface area (Å²) in [6, 6.07) is 0. The fraction of sp³-hybridized carbons (Fsp3) is 0.200. The summed E-state index contributed by atoms with van der Waals surface area (Å²) in [5.41, 5.74) is 4.95. The van der Waals surface area contributed by atoms with E-state index in [1.165, 1.54) is 0 Å². The molecular formula is C5H7BrN4O. The molecule has 0 saturated carbocycles. The maximum Gasteiger partial charge on any atom is 0.348 e. The van der Waals surface area contributed by atoms with Gasteiger partial charge in [-0.15, -0.1) is 0 Å². The third kappa shape index (κ3) is 1.51. The normalized spacial score (nSPS) is 9.64. The van der Waals surface area contributed by atoms with Gasteiger partial charge in [-0.3, -0.25) is 4.98 Å². The van der Waals surface area contributed by atoms with Gasteiger partial charge < -0.3 is 11.1 Å². The topological polar surface area (TPSA) is 83.8 Å². The molecule has 4 N–H and O–H groups in total. The number of aromatic nitrogens is 2. The van der Waals surface area contributed by atoms with Crippen LogP contribution in [0.15, 0.2) is 9.27 Å². The van der Waals surface area contributed by atoms with Gasteiger partial charge in [0.2, 0.25) is 0 Å². The predicted octanol–water partition coefficient (Wildman–Crippen LogP) is 0.156. The summed E-state index contributed by atoms with van der Waals surface area (Å²) >= 11 is 3.15. The van der Waals surface area contributed by atoms with Crippen molar-refractivity contribution in [2.75, 3.05) is 18.1 Å². The van der Waals surface area contributed by atoms with Crippen molar-refractivity contribution < 1.29 is 0 Å². The highest BCUT2D eigenvalue weighted by Gasteiger charge is 2.03. The molecule has 0 aliphatic heterocycles. The van der Waals surface area contributed by atoms with Gasteiger partial charge in [0, 0.05) is 7.05 Å². The van der Waals surface area contributed by atoms with Crippen LogP contribution in [0.1, 0.15) is 0 Å². The summed E-state index contributed by atoms with van der Waals surface area (Å²) < 4.78 is 0.569. The van der Waals surface area contributed by atoms with Crippen LogP contribution in [0.5, 0.6) is 0 Å². The van der Waals surface area contributed by atoms with E-state index in [1.54, 1.807) is 7.05 Å². The number of H-pyrrole nitrogens is 1. The van der Waals surface area contributed by atoms with Crippen molar-refractivity contribution in [2.24, 2.45) is 0 Å². The van der Waals surface area contributed by atoms with Crippen molar-refractivity contribution in [3.8, 4) is 0 Å². The zero-order valence-electron chi connectivity index (χ0n) is 5.81. The van der Waals surface area contributed by atoms with Crippen LogP contribution in [-0.4, -0.2) is 17.0 Å². The fourth-order valence-electron chi connectivity index (χ4n) is 0.642. The number of hydrogen-bond acceptors (Lipinski definition) is 4. The number of halogens is 1. The first-order valence-electron chi connectivity index (χ1n) is 2.88. The fourth-order valence-corrected chi connectivity index (χ4v) is 1.03. The van der Waals surface area contributed by atoms with E-state index < -0.39 is 5.69 Å². The summed E-state index contributed by atoms with van der Waals surface area (Å²) in [6.07, 6.45) is 0. The first-order valence-corrected chi connectivity index (χ1v) is 3.67. The number of aromatic amines is 1. The highest BCUT2D eigenvalue weighted by Crippen LogP contribution is 2.21. The minimum absolute atomic E-state index is 0.273. The van der Waals surface area contributed by atoms with E-state index in [0.717, 1.165) is 0 Å². The maximum atomic E-state index is 10.7. The van der Waals surface area contributed by atoms with Gasteiger partial charge in [0.15, 0.2) is 0 Å². The van der Waals surface area contributed by atoms with Gasteiger partial charge in [0.05, 0.1) is 0 Å². The minimum Gasteiger partial charge on any atom is -0.384 e. The van der Waals surface area contributed by atoms with E-state index in [4.69, 9.17) is 5.73 Å². The van der Waals surface area contributed by atoms with Crippen LogP contribution < -0.4 is 16.7 Å². The lowest BCUT2D eigenvalue weighted by Gasteiger charge is -2.02. The first-order chi connectivity index (χ1) is 5.15. The second-order valence-corrected chi connectivity index (χ2v) is 2.66. The number of nitrogen functional groups attached to an aromatic ring is 1. The molecule has 0 unspecified atom stereocenters. The Morgan fingerprint density at radius 1 is 1.73 bits per heavy atom. The van der Waals surface area contributed by atoms with Gasteiger partial charge in [0.1, 0.15) is 16.1 Å². The molecular weight excluding hydrogens is 212 g/mol. The van der Waals surface area contributed by atoms with E-state index in [0.29, 0.717) is 10.3 Å². The van der Waals surface area contributed by atoms with Crippen LogP contribution in [0, 0.1) is 0 Å². The van der Waals surface area contributed by atoms with Crippen molar-refractivity contribution in [1.29, 1.82) is 0 Å². The second-order valence-electron chi connectivity index (χ2n) is 1.87.